The molecule has 3 rings (SSSR count). The molecule has 5 heteroatoms. The molecule has 1 fully saturated rings. The molecule has 0 aliphatic carbocycles. The minimum Gasteiger partial charge on any atom is -0.497 e. The fourth-order valence-electron chi connectivity index (χ4n) is 3.25. The van der Waals surface area contributed by atoms with E-state index in [1.165, 1.54) is 0 Å². The summed E-state index contributed by atoms with van der Waals surface area (Å²) in [7, 11) is 3.38. The van der Waals surface area contributed by atoms with Crippen LogP contribution >= 0.6 is 11.6 Å². The summed E-state index contributed by atoms with van der Waals surface area (Å²) in [5, 5.41) is 4.18. The van der Waals surface area contributed by atoms with Gasteiger partial charge in [0.2, 0.25) is 0 Å². The number of nitrogens with one attached hydrogen (secondary N) is 1. The van der Waals surface area contributed by atoms with E-state index in [2.05, 4.69) is 22.3 Å². The summed E-state index contributed by atoms with van der Waals surface area (Å²) in [4.78, 5) is 2.44. The quantitative estimate of drug-likeness (QED) is 0.900. The third-order valence-electron chi connectivity index (χ3n) is 4.45. The van der Waals surface area contributed by atoms with Gasteiger partial charge < -0.3 is 14.8 Å². The number of rotatable bonds is 5. The predicted octanol–water partition coefficient (Wildman–Crippen LogP) is 3.35. The zero-order chi connectivity index (χ0) is 16.9. The lowest BCUT2D eigenvalue weighted by Gasteiger charge is -2.36. The molecular formula is C19H23ClN2O2. The topological polar surface area (TPSA) is 33.7 Å². The number of halogens is 1. The highest BCUT2D eigenvalue weighted by Crippen LogP contribution is 2.39. The Morgan fingerprint density at radius 2 is 1.75 bits per heavy atom. The van der Waals surface area contributed by atoms with Crippen molar-refractivity contribution in [3.05, 3.63) is 58.6 Å². The van der Waals surface area contributed by atoms with Crippen LogP contribution < -0.4 is 14.8 Å². The van der Waals surface area contributed by atoms with E-state index in [1.807, 2.05) is 30.3 Å². The highest BCUT2D eigenvalue weighted by atomic mass is 35.5. The predicted molar refractivity (Wildman–Crippen MR) is 97.3 cm³/mol. The van der Waals surface area contributed by atoms with Gasteiger partial charge in [-0.25, -0.2) is 0 Å². The molecule has 1 aliphatic heterocycles. The zero-order valence-electron chi connectivity index (χ0n) is 14.1. The molecule has 0 bridgehead atoms. The maximum atomic E-state index is 6.54. The highest BCUT2D eigenvalue weighted by Gasteiger charge is 2.28. The van der Waals surface area contributed by atoms with Crippen LogP contribution in [0.25, 0.3) is 0 Å². The average Bonchev–Trinajstić information content (AvgIpc) is 2.64. The van der Waals surface area contributed by atoms with Crippen molar-refractivity contribution in [2.24, 2.45) is 0 Å². The van der Waals surface area contributed by atoms with E-state index in [0.717, 1.165) is 53.8 Å². The number of hydrogen-bond acceptors (Lipinski definition) is 4. The molecule has 1 heterocycles. The Morgan fingerprint density at radius 3 is 2.42 bits per heavy atom. The summed E-state index contributed by atoms with van der Waals surface area (Å²) in [5.41, 5.74) is 2.17. The van der Waals surface area contributed by atoms with Crippen LogP contribution in [0.4, 0.5) is 0 Å². The second kappa shape index (κ2) is 7.88. The fraction of sp³-hybridized carbons (Fsp3) is 0.368. The smallest absolute Gasteiger partial charge is 0.124 e. The van der Waals surface area contributed by atoms with Crippen molar-refractivity contribution < 1.29 is 9.47 Å². The number of ether oxygens (including phenoxy) is 2. The van der Waals surface area contributed by atoms with Crippen LogP contribution in [-0.2, 0) is 0 Å². The van der Waals surface area contributed by atoms with Gasteiger partial charge in [0.25, 0.3) is 0 Å². The van der Waals surface area contributed by atoms with E-state index in [-0.39, 0.29) is 6.04 Å². The molecule has 0 spiro atoms. The van der Waals surface area contributed by atoms with Gasteiger partial charge in [0.1, 0.15) is 11.5 Å². The first kappa shape index (κ1) is 17.1. The van der Waals surface area contributed by atoms with Gasteiger partial charge in [-0.05, 0) is 29.8 Å². The second-order valence-electron chi connectivity index (χ2n) is 5.82. The van der Waals surface area contributed by atoms with E-state index in [4.69, 9.17) is 21.1 Å². The molecule has 2 aromatic carbocycles. The van der Waals surface area contributed by atoms with E-state index in [1.54, 1.807) is 14.2 Å². The minimum atomic E-state index is 0.0332. The Hall–Kier alpha value is -1.75. The molecule has 128 valence electrons. The Bertz CT molecular complexity index is 687. The third-order valence-corrected chi connectivity index (χ3v) is 4.79. The van der Waals surface area contributed by atoms with E-state index >= 15 is 0 Å². The number of nitrogens with zero attached hydrogens (tertiary/aromatic N) is 1. The summed E-state index contributed by atoms with van der Waals surface area (Å²) in [6.45, 7) is 3.84. The van der Waals surface area contributed by atoms with Gasteiger partial charge in [-0.2, -0.15) is 0 Å². The molecule has 0 aromatic heterocycles. The molecule has 1 atom stereocenters. The standard InChI is InChI=1S/C19H23ClN2O2/c1-23-14-7-8-18(24-2)16(13-14)19(22-11-9-21-10-12-22)15-5-3-4-6-17(15)20/h3-8,13,19,21H,9-12H2,1-2H3. The number of benzene rings is 2. The summed E-state index contributed by atoms with van der Waals surface area (Å²) in [5.74, 6) is 1.66. The van der Waals surface area contributed by atoms with Crippen molar-refractivity contribution in [2.45, 2.75) is 6.04 Å². The molecular weight excluding hydrogens is 324 g/mol. The second-order valence-corrected chi connectivity index (χ2v) is 6.23. The first-order chi connectivity index (χ1) is 11.7. The van der Waals surface area contributed by atoms with Crippen molar-refractivity contribution in [1.29, 1.82) is 0 Å². The molecule has 1 unspecified atom stereocenters. The molecule has 1 aliphatic rings. The monoisotopic (exact) mass is 346 g/mol. The van der Waals surface area contributed by atoms with Gasteiger partial charge in [0.05, 0.1) is 20.3 Å². The Kier molecular flexibility index (Phi) is 5.61. The van der Waals surface area contributed by atoms with Crippen LogP contribution in [0.5, 0.6) is 11.5 Å². The number of methoxy groups -OCH3 is 2. The Morgan fingerprint density at radius 1 is 1.00 bits per heavy atom. The molecule has 1 N–H and O–H groups in total. The lowest BCUT2D eigenvalue weighted by atomic mass is 9.95. The summed E-state index contributed by atoms with van der Waals surface area (Å²) in [6, 6.07) is 14.0. The zero-order valence-corrected chi connectivity index (χ0v) is 14.8. The summed E-state index contributed by atoms with van der Waals surface area (Å²) in [6.07, 6.45) is 0. The molecule has 1 saturated heterocycles. The molecule has 0 radical (unpaired) electrons. The van der Waals surface area contributed by atoms with Gasteiger partial charge in [-0.1, -0.05) is 29.8 Å². The van der Waals surface area contributed by atoms with Crippen molar-refractivity contribution in [3.63, 3.8) is 0 Å². The minimum absolute atomic E-state index is 0.0332. The summed E-state index contributed by atoms with van der Waals surface area (Å²) < 4.78 is 11.1. The molecule has 4 nitrogen and oxygen atoms in total. The van der Waals surface area contributed by atoms with Crippen molar-refractivity contribution in [2.75, 3.05) is 40.4 Å². The van der Waals surface area contributed by atoms with E-state index in [9.17, 15) is 0 Å². The Labute approximate surface area is 148 Å². The van der Waals surface area contributed by atoms with Crippen molar-refractivity contribution >= 4 is 11.6 Å². The highest BCUT2D eigenvalue weighted by molar-refractivity contribution is 6.31. The van der Waals surface area contributed by atoms with Crippen LogP contribution in [0, 0.1) is 0 Å². The molecule has 0 saturated carbocycles. The van der Waals surface area contributed by atoms with Crippen molar-refractivity contribution in [1.82, 2.24) is 10.2 Å². The first-order valence-electron chi connectivity index (χ1n) is 8.15. The van der Waals surface area contributed by atoms with E-state index < -0.39 is 0 Å². The van der Waals surface area contributed by atoms with Gasteiger partial charge in [0, 0.05) is 36.8 Å². The molecule has 2 aromatic rings. The fourth-order valence-corrected chi connectivity index (χ4v) is 3.49. The maximum absolute atomic E-state index is 6.54. The SMILES string of the molecule is COc1ccc(OC)c(C(c2ccccc2Cl)N2CCNCC2)c1. The van der Waals surface area contributed by atoms with Gasteiger partial charge in [0.15, 0.2) is 0 Å². The van der Waals surface area contributed by atoms with Crippen LogP contribution in [0.3, 0.4) is 0 Å². The number of piperazine rings is 1. The van der Waals surface area contributed by atoms with Crippen LogP contribution in [0.15, 0.2) is 42.5 Å². The van der Waals surface area contributed by atoms with Gasteiger partial charge in [-0.3, -0.25) is 4.90 Å². The third kappa shape index (κ3) is 3.51. The molecule has 0 amide bonds. The Balaban J connectivity index is 2.12. The lowest BCUT2D eigenvalue weighted by molar-refractivity contribution is 0.195. The normalized spacial score (nSPS) is 16.6. The van der Waals surface area contributed by atoms with Crippen LogP contribution in [-0.4, -0.2) is 45.3 Å². The number of hydrogen-bond donors (Lipinski definition) is 1. The lowest BCUT2D eigenvalue weighted by Crippen LogP contribution is -2.45. The van der Waals surface area contributed by atoms with Crippen LogP contribution in [0.2, 0.25) is 5.02 Å². The van der Waals surface area contributed by atoms with Gasteiger partial charge in [-0.15, -0.1) is 0 Å². The average molecular weight is 347 g/mol. The largest absolute Gasteiger partial charge is 0.497 e. The maximum Gasteiger partial charge on any atom is 0.124 e. The summed E-state index contributed by atoms with van der Waals surface area (Å²) >= 11 is 6.54. The van der Waals surface area contributed by atoms with Crippen molar-refractivity contribution in [3.8, 4) is 11.5 Å². The van der Waals surface area contributed by atoms with Gasteiger partial charge >= 0.3 is 0 Å². The van der Waals surface area contributed by atoms with Crippen LogP contribution in [0.1, 0.15) is 17.2 Å². The first-order valence-corrected chi connectivity index (χ1v) is 8.53. The van der Waals surface area contributed by atoms with E-state index in [0.29, 0.717) is 0 Å². The molecule has 24 heavy (non-hydrogen) atoms.